The molecule has 5 rings (SSSR count). The van der Waals surface area contributed by atoms with Gasteiger partial charge in [0.2, 0.25) is 5.91 Å². The van der Waals surface area contributed by atoms with E-state index in [1.807, 2.05) is 12.1 Å². The summed E-state index contributed by atoms with van der Waals surface area (Å²) < 4.78 is 15.6. The number of carbonyl (C=O) groups excluding carboxylic acids is 1. The molecule has 2 aliphatic rings. The van der Waals surface area contributed by atoms with E-state index in [9.17, 15) is 9.18 Å². The Hall–Kier alpha value is -3.27. The fraction of sp³-hybridized carbons (Fsp3) is 0.407. The summed E-state index contributed by atoms with van der Waals surface area (Å²) in [4.78, 5) is 22.4. The number of hydrogen-bond acceptors (Lipinski definition) is 6. The number of hydrogen-bond donors (Lipinski definition) is 3. The third kappa shape index (κ3) is 5.13. The van der Waals surface area contributed by atoms with Crippen LogP contribution in [-0.2, 0) is 4.79 Å². The topological polar surface area (TPSA) is 77.5 Å². The number of benzene rings is 2. The number of imidazole rings is 1. The van der Waals surface area contributed by atoms with Gasteiger partial charge in [-0.2, -0.15) is 0 Å². The quantitative estimate of drug-likeness (QED) is 0.492. The van der Waals surface area contributed by atoms with E-state index in [1.54, 1.807) is 18.5 Å². The maximum Gasteiger partial charge on any atom is 0.242 e. The monoisotopic (exact) mass is 491 g/mol. The van der Waals surface area contributed by atoms with Crippen LogP contribution in [0.25, 0.3) is 11.3 Å². The summed E-state index contributed by atoms with van der Waals surface area (Å²) in [5.74, 6) is -0.370. The molecular weight excluding hydrogens is 457 g/mol. The largest absolute Gasteiger partial charge is 0.369 e. The van der Waals surface area contributed by atoms with Crippen LogP contribution in [0, 0.1) is 5.82 Å². The van der Waals surface area contributed by atoms with Crippen molar-refractivity contribution >= 4 is 17.3 Å². The molecule has 2 saturated heterocycles. The van der Waals surface area contributed by atoms with Crippen molar-refractivity contribution in [1.82, 2.24) is 25.1 Å². The van der Waals surface area contributed by atoms with Crippen LogP contribution in [0.4, 0.5) is 15.8 Å². The zero-order chi connectivity index (χ0) is 25.2. The fourth-order valence-corrected chi connectivity index (χ4v) is 4.85. The van der Waals surface area contributed by atoms with Gasteiger partial charge < -0.3 is 19.7 Å². The first-order valence-electron chi connectivity index (χ1n) is 12.6. The SMILES string of the molecule is CC(C)n1cnc(-c2ccc(F)cc2)c1C1NCC(C(=O)Nc2ccc(N3CCN(C)CC3)cc2)N1. The van der Waals surface area contributed by atoms with Crippen LogP contribution in [-0.4, -0.2) is 66.2 Å². The number of nitrogens with one attached hydrogen (secondary N) is 3. The number of amides is 1. The maximum absolute atomic E-state index is 13.5. The highest BCUT2D eigenvalue weighted by Gasteiger charge is 2.33. The summed E-state index contributed by atoms with van der Waals surface area (Å²) in [6.45, 7) is 8.79. The number of nitrogens with zero attached hydrogens (tertiary/aromatic N) is 4. The van der Waals surface area contributed by atoms with Gasteiger partial charge in [-0.25, -0.2) is 9.37 Å². The molecule has 9 heteroatoms. The molecule has 0 spiro atoms. The van der Waals surface area contributed by atoms with Crippen LogP contribution >= 0.6 is 0 Å². The van der Waals surface area contributed by atoms with Crippen molar-refractivity contribution in [2.45, 2.75) is 32.1 Å². The minimum absolute atomic E-state index is 0.0868. The summed E-state index contributed by atoms with van der Waals surface area (Å²) in [7, 11) is 2.15. The molecule has 0 saturated carbocycles. The molecule has 2 atom stereocenters. The maximum atomic E-state index is 13.5. The molecule has 3 heterocycles. The van der Waals surface area contributed by atoms with E-state index in [-0.39, 0.29) is 23.9 Å². The molecule has 2 unspecified atom stereocenters. The van der Waals surface area contributed by atoms with Gasteiger partial charge in [0.1, 0.15) is 18.0 Å². The second-order valence-electron chi connectivity index (χ2n) is 9.87. The molecule has 1 amide bonds. The minimum atomic E-state index is -0.399. The normalized spacial score (nSPS) is 20.8. The van der Waals surface area contributed by atoms with Gasteiger partial charge in [0.15, 0.2) is 0 Å². The van der Waals surface area contributed by atoms with E-state index in [4.69, 9.17) is 0 Å². The number of rotatable bonds is 6. The van der Waals surface area contributed by atoms with Crippen molar-refractivity contribution in [3.05, 3.63) is 66.4 Å². The second-order valence-corrected chi connectivity index (χ2v) is 9.87. The highest BCUT2D eigenvalue weighted by atomic mass is 19.1. The number of anilines is 2. The average molecular weight is 492 g/mol. The Morgan fingerprint density at radius 2 is 1.75 bits per heavy atom. The molecule has 190 valence electrons. The molecule has 0 radical (unpaired) electrons. The molecule has 2 fully saturated rings. The fourth-order valence-electron chi connectivity index (χ4n) is 4.85. The van der Waals surface area contributed by atoms with E-state index in [0.717, 1.165) is 48.8 Å². The van der Waals surface area contributed by atoms with Gasteiger partial charge in [-0.05, 0) is 69.4 Å². The highest BCUT2D eigenvalue weighted by molar-refractivity contribution is 5.95. The number of halogens is 1. The lowest BCUT2D eigenvalue weighted by atomic mass is 10.1. The van der Waals surface area contributed by atoms with Crippen LogP contribution in [0.1, 0.15) is 31.7 Å². The van der Waals surface area contributed by atoms with Gasteiger partial charge in [-0.3, -0.25) is 15.4 Å². The Balaban J connectivity index is 1.26. The van der Waals surface area contributed by atoms with Crippen LogP contribution in [0.15, 0.2) is 54.9 Å². The second kappa shape index (κ2) is 10.4. The lowest BCUT2D eigenvalue weighted by Crippen LogP contribution is -2.44. The summed E-state index contributed by atoms with van der Waals surface area (Å²) in [5, 5.41) is 9.90. The van der Waals surface area contributed by atoms with Crippen LogP contribution in [0.2, 0.25) is 0 Å². The lowest BCUT2D eigenvalue weighted by Gasteiger charge is -2.34. The van der Waals surface area contributed by atoms with E-state index >= 15 is 0 Å². The first-order valence-corrected chi connectivity index (χ1v) is 12.6. The summed E-state index contributed by atoms with van der Waals surface area (Å²) in [5.41, 5.74) is 4.50. The summed E-state index contributed by atoms with van der Waals surface area (Å²) in [6, 6.07) is 14.2. The van der Waals surface area contributed by atoms with E-state index in [1.165, 1.54) is 17.8 Å². The number of aromatic nitrogens is 2. The summed E-state index contributed by atoms with van der Waals surface area (Å²) >= 11 is 0. The van der Waals surface area contributed by atoms with Crippen LogP contribution in [0.5, 0.6) is 0 Å². The molecule has 3 aromatic rings. The first-order chi connectivity index (χ1) is 17.4. The molecule has 0 bridgehead atoms. The third-order valence-corrected chi connectivity index (χ3v) is 6.99. The van der Waals surface area contributed by atoms with Crippen molar-refractivity contribution in [1.29, 1.82) is 0 Å². The molecule has 2 aliphatic heterocycles. The van der Waals surface area contributed by atoms with Crippen molar-refractivity contribution in [2.75, 3.05) is 50.0 Å². The minimum Gasteiger partial charge on any atom is -0.369 e. The Morgan fingerprint density at radius 3 is 2.42 bits per heavy atom. The summed E-state index contributed by atoms with van der Waals surface area (Å²) in [6.07, 6.45) is 1.54. The zero-order valence-corrected chi connectivity index (χ0v) is 21.0. The van der Waals surface area contributed by atoms with Crippen molar-refractivity contribution in [3.63, 3.8) is 0 Å². The van der Waals surface area contributed by atoms with Gasteiger partial charge in [0, 0.05) is 55.7 Å². The van der Waals surface area contributed by atoms with E-state index < -0.39 is 6.04 Å². The van der Waals surface area contributed by atoms with Gasteiger partial charge in [-0.1, -0.05) is 0 Å². The molecule has 2 aromatic carbocycles. The van der Waals surface area contributed by atoms with Crippen LogP contribution in [0.3, 0.4) is 0 Å². The van der Waals surface area contributed by atoms with Gasteiger partial charge in [0.05, 0.1) is 17.7 Å². The molecule has 3 N–H and O–H groups in total. The first kappa shape index (κ1) is 24.4. The molecule has 8 nitrogen and oxygen atoms in total. The number of likely N-dealkylation sites (N-methyl/N-ethyl adjacent to an activating group) is 1. The standard InChI is InChI=1S/C27H34FN7O/c1-18(2)35-17-30-24(19-4-6-20(28)7-5-19)25(35)26-29-16-23(32-26)27(36)31-21-8-10-22(11-9-21)34-14-12-33(3)13-15-34/h4-11,17-18,23,26,29,32H,12-16H2,1-3H3,(H,31,36). The highest BCUT2D eigenvalue weighted by Crippen LogP contribution is 2.30. The molecule has 0 aliphatic carbocycles. The van der Waals surface area contributed by atoms with Gasteiger partial charge in [0.25, 0.3) is 0 Å². The predicted molar refractivity (Wildman–Crippen MR) is 140 cm³/mol. The van der Waals surface area contributed by atoms with Crippen molar-refractivity contribution < 1.29 is 9.18 Å². The predicted octanol–water partition coefficient (Wildman–Crippen LogP) is 3.22. The van der Waals surface area contributed by atoms with E-state index in [0.29, 0.717) is 6.54 Å². The van der Waals surface area contributed by atoms with E-state index in [2.05, 4.69) is 68.3 Å². The average Bonchev–Trinajstić information content (AvgIpc) is 3.53. The van der Waals surface area contributed by atoms with Gasteiger partial charge in [-0.15, -0.1) is 0 Å². The zero-order valence-electron chi connectivity index (χ0n) is 21.0. The molecule has 1 aromatic heterocycles. The molecular formula is C27H34FN7O. The smallest absolute Gasteiger partial charge is 0.242 e. The van der Waals surface area contributed by atoms with Gasteiger partial charge >= 0.3 is 0 Å². The number of carbonyl (C=O) groups is 1. The number of piperazine rings is 1. The lowest BCUT2D eigenvalue weighted by molar-refractivity contribution is -0.117. The Kier molecular flexibility index (Phi) is 7.04. The Labute approximate surface area is 211 Å². The van der Waals surface area contributed by atoms with Crippen molar-refractivity contribution in [3.8, 4) is 11.3 Å². The van der Waals surface area contributed by atoms with Crippen LogP contribution < -0.4 is 20.9 Å². The Morgan fingerprint density at radius 1 is 1.06 bits per heavy atom. The van der Waals surface area contributed by atoms with Crippen molar-refractivity contribution in [2.24, 2.45) is 0 Å². The Bertz CT molecular complexity index is 1180. The third-order valence-electron chi connectivity index (χ3n) is 6.99. The molecule has 36 heavy (non-hydrogen) atoms.